The molecule has 4 saturated carbocycles. The van der Waals surface area contributed by atoms with Crippen LogP contribution in [0.4, 0.5) is 0 Å². The van der Waals surface area contributed by atoms with E-state index in [0.29, 0.717) is 49.2 Å². The number of fused-ring (bicyclic) bond motifs is 6. The highest BCUT2D eigenvalue weighted by molar-refractivity contribution is 5.86. The lowest BCUT2D eigenvalue weighted by Gasteiger charge is -2.61. The van der Waals surface area contributed by atoms with Crippen LogP contribution in [0.3, 0.4) is 0 Å². The summed E-state index contributed by atoms with van der Waals surface area (Å²) in [5.74, 6) is 1.79. The molecule has 0 bridgehead atoms. The molecule has 0 saturated heterocycles. The summed E-state index contributed by atoms with van der Waals surface area (Å²) in [6.45, 7) is 9.10. The molecule has 0 unspecified atom stereocenters. The van der Waals surface area contributed by atoms with Crippen molar-refractivity contribution in [3.63, 3.8) is 0 Å². The Kier molecular flexibility index (Phi) is 5.52. The summed E-state index contributed by atoms with van der Waals surface area (Å²) >= 11 is 0. The van der Waals surface area contributed by atoms with Gasteiger partial charge in [-0.2, -0.15) is 5.10 Å². The number of nitrogens with zero attached hydrogens (tertiary/aromatic N) is 2. The van der Waals surface area contributed by atoms with E-state index in [1.54, 1.807) is 0 Å². The van der Waals surface area contributed by atoms with Crippen molar-refractivity contribution in [2.45, 2.75) is 104 Å². The van der Waals surface area contributed by atoms with Gasteiger partial charge in [0.2, 0.25) is 0 Å². The molecule has 196 valence electrons. The highest BCUT2D eigenvalue weighted by Gasteiger charge is 2.68. The van der Waals surface area contributed by atoms with Crippen molar-refractivity contribution in [2.24, 2.45) is 40.4 Å². The molecule has 1 aromatic heterocycles. The Hall–Kier alpha value is -1.79. The van der Waals surface area contributed by atoms with E-state index in [1.165, 1.54) is 18.1 Å². The second-order valence-electron chi connectivity index (χ2n) is 13.5. The third kappa shape index (κ3) is 3.32. The molecule has 8 atom stereocenters. The van der Waals surface area contributed by atoms with Gasteiger partial charge in [0.25, 0.3) is 0 Å². The highest BCUT2D eigenvalue weighted by atomic mass is 16.3. The van der Waals surface area contributed by atoms with Crippen molar-refractivity contribution < 1.29 is 19.8 Å². The third-order valence-corrected chi connectivity index (χ3v) is 11.6. The quantitative estimate of drug-likeness (QED) is 0.651. The average molecular weight is 495 g/mol. The molecule has 4 fully saturated rings. The molecular weight excluding hydrogens is 452 g/mol. The van der Waals surface area contributed by atoms with Crippen LogP contribution in [-0.4, -0.2) is 43.3 Å². The van der Waals surface area contributed by atoms with E-state index >= 15 is 0 Å². The van der Waals surface area contributed by atoms with Gasteiger partial charge in [0.15, 0.2) is 5.78 Å². The first-order chi connectivity index (χ1) is 17.0. The molecule has 36 heavy (non-hydrogen) atoms. The van der Waals surface area contributed by atoms with Crippen molar-refractivity contribution in [3.05, 3.63) is 23.0 Å². The van der Waals surface area contributed by atoms with E-state index in [4.69, 9.17) is 5.10 Å². The van der Waals surface area contributed by atoms with Gasteiger partial charge in [-0.05, 0) is 98.5 Å². The van der Waals surface area contributed by atoms with Crippen LogP contribution in [0.5, 0.6) is 0 Å². The molecule has 0 aliphatic heterocycles. The van der Waals surface area contributed by atoms with Crippen molar-refractivity contribution in [2.75, 3.05) is 0 Å². The van der Waals surface area contributed by atoms with Crippen LogP contribution in [0.25, 0.3) is 6.08 Å². The fraction of sp³-hybridized carbons (Fsp3) is 0.767. The van der Waals surface area contributed by atoms with Crippen LogP contribution in [-0.2, 0) is 22.6 Å². The zero-order valence-corrected chi connectivity index (χ0v) is 22.3. The smallest absolute Gasteiger partial charge is 0.161 e. The maximum absolute atomic E-state index is 12.6. The second kappa shape index (κ2) is 8.10. The molecule has 1 heterocycles. The van der Waals surface area contributed by atoms with E-state index in [-0.39, 0.29) is 23.0 Å². The van der Waals surface area contributed by atoms with Crippen molar-refractivity contribution in [1.29, 1.82) is 0 Å². The fourth-order valence-corrected chi connectivity index (χ4v) is 9.80. The number of allylic oxidation sites excluding steroid dienone is 1. The summed E-state index contributed by atoms with van der Waals surface area (Å²) < 4.78 is 2.10. The maximum Gasteiger partial charge on any atom is 0.161 e. The molecule has 0 amide bonds. The molecule has 0 aromatic carbocycles. The van der Waals surface area contributed by atoms with Crippen LogP contribution < -0.4 is 0 Å². The number of Topliss-reactive ketones (excluding diaryl/α,β-unsaturated/α-hetero) is 2. The van der Waals surface area contributed by atoms with Crippen molar-refractivity contribution in [1.82, 2.24) is 9.78 Å². The third-order valence-electron chi connectivity index (χ3n) is 11.6. The lowest BCUT2D eigenvalue weighted by molar-refractivity contribution is -0.180. The van der Waals surface area contributed by atoms with Crippen LogP contribution in [0, 0.1) is 40.4 Å². The van der Waals surface area contributed by atoms with Crippen molar-refractivity contribution in [3.8, 4) is 0 Å². The Morgan fingerprint density at radius 1 is 1.22 bits per heavy atom. The SMILES string of the molecule is CC(=O)[C@@]1(O)CC[C@H]2[C@@H]3C[C@H](C)C4=Cc5nn(CC6CCC(=O)CC6)cc5C[C@]4(C)[C@H]3[C@@H](O)C[C@@]21C. The van der Waals surface area contributed by atoms with Crippen LogP contribution in [0.2, 0.25) is 0 Å². The molecule has 0 radical (unpaired) electrons. The van der Waals surface area contributed by atoms with Gasteiger partial charge in [-0.3, -0.25) is 14.3 Å². The molecule has 5 aliphatic carbocycles. The van der Waals surface area contributed by atoms with Crippen LogP contribution >= 0.6 is 0 Å². The first-order valence-corrected chi connectivity index (χ1v) is 14.2. The van der Waals surface area contributed by atoms with Gasteiger partial charge in [0, 0.05) is 31.0 Å². The number of carbonyl (C=O) groups excluding carboxylic acids is 2. The Morgan fingerprint density at radius 2 is 1.94 bits per heavy atom. The lowest BCUT2D eigenvalue weighted by Crippen LogP contribution is -2.62. The predicted octanol–water partition coefficient (Wildman–Crippen LogP) is 4.36. The largest absolute Gasteiger partial charge is 0.393 e. The molecule has 0 spiro atoms. The highest BCUT2D eigenvalue weighted by Crippen LogP contribution is 2.68. The number of ketones is 2. The van der Waals surface area contributed by atoms with E-state index in [1.807, 2.05) is 0 Å². The first kappa shape index (κ1) is 24.5. The Balaban J connectivity index is 1.31. The molecule has 6 heteroatoms. The second-order valence-corrected chi connectivity index (χ2v) is 13.5. The number of rotatable bonds is 3. The minimum Gasteiger partial charge on any atom is -0.393 e. The summed E-state index contributed by atoms with van der Waals surface area (Å²) in [5.41, 5.74) is 1.69. The normalized spacial score (nSPS) is 44.3. The topological polar surface area (TPSA) is 92.4 Å². The van der Waals surface area contributed by atoms with Gasteiger partial charge in [-0.1, -0.05) is 26.3 Å². The molecule has 6 nitrogen and oxygen atoms in total. The van der Waals surface area contributed by atoms with Gasteiger partial charge in [0.05, 0.1) is 11.8 Å². The maximum atomic E-state index is 12.6. The number of carbonyl (C=O) groups is 2. The Bertz CT molecular complexity index is 1130. The zero-order chi connectivity index (χ0) is 25.6. The predicted molar refractivity (Wildman–Crippen MR) is 137 cm³/mol. The number of hydrogen-bond acceptors (Lipinski definition) is 5. The number of aliphatic hydroxyl groups is 2. The summed E-state index contributed by atoms with van der Waals surface area (Å²) in [6.07, 6.45) is 11.0. The van der Waals surface area contributed by atoms with E-state index < -0.39 is 17.1 Å². The summed E-state index contributed by atoms with van der Waals surface area (Å²) in [7, 11) is 0. The number of aliphatic hydroxyl groups excluding tert-OH is 1. The fourth-order valence-electron chi connectivity index (χ4n) is 9.80. The molecule has 6 rings (SSSR count). The molecule has 2 N–H and O–H groups in total. The standard InChI is InChI=1S/C30H42N2O4/c1-17-11-22-23-9-10-30(36,18(2)33)29(23,4)14-26(35)27(22)28(3)13-20-16-32(31-25(20)12-24(17)28)15-19-5-7-21(34)8-6-19/h12,16-17,19,22-23,26-27,35-36H,5-11,13-15H2,1-4H3/t17-,22-,23-,26-,27+,28-,29-,30-/m0/s1. The Labute approximate surface area is 214 Å². The van der Waals surface area contributed by atoms with Crippen LogP contribution in [0.15, 0.2) is 11.8 Å². The van der Waals surface area contributed by atoms with Gasteiger partial charge in [0.1, 0.15) is 11.4 Å². The molecule has 1 aromatic rings. The lowest BCUT2D eigenvalue weighted by atomic mass is 9.44. The van der Waals surface area contributed by atoms with E-state index in [0.717, 1.165) is 44.3 Å². The summed E-state index contributed by atoms with van der Waals surface area (Å²) in [4.78, 5) is 24.2. The van der Waals surface area contributed by atoms with Gasteiger partial charge >= 0.3 is 0 Å². The summed E-state index contributed by atoms with van der Waals surface area (Å²) in [5, 5.41) is 28.2. The minimum atomic E-state index is -1.32. The average Bonchev–Trinajstić information content (AvgIpc) is 3.31. The first-order valence-electron chi connectivity index (χ1n) is 14.2. The summed E-state index contributed by atoms with van der Waals surface area (Å²) in [6, 6.07) is 0. The van der Waals surface area contributed by atoms with E-state index in [2.05, 4.69) is 37.7 Å². The molecule has 5 aliphatic rings. The van der Waals surface area contributed by atoms with Crippen LogP contribution in [0.1, 0.15) is 90.3 Å². The van der Waals surface area contributed by atoms with Gasteiger partial charge in [-0.15, -0.1) is 0 Å². The Morgan fingerprint density at radius 3 is 2.64 bits per heavy atom. The zero-order valence-electron chi connectivity index (χ0n) is 22.3. The number of aromatic nitrogens is 2. The van der Waals surface area contributed by atoms with Gasteiger partial charge < -0.3 is 10.2 Å². The number of hydrogen-bond donors (Lipinski definition) is 2. The van der Waals surface area contributed by atoms with Crippen molar-refractivity contribution >= 4 is 17.6 Å². The van der Waals surface area contributed by atoms with Gasteiger partial charge in [-0.25, -0.2) is 0 Å². The van der Waals surface area contributed by atoms with E-state index in [9.17, 15) is 19.8 Å². The monoisotopic (exact) mass is 494 g/mol. The molecular formula is C30H42N2O4. The minimum absolute atomic E-state index is 0.119.